The quantitative estimate of drug-likeness (QED) is 0.820. The summed E-state index contributed by atoms with van der Waals surface area (Å²) >= 11 is 9.35. The molecule has 8 heteroatoms. The summed E-state index contributed by atoms with van der Waals surface area (Å²) in [5, 5.41) is 0.165. The van der Waals surface area contributed by atoms with Crippen molar-refractivity contribution in [1.82, 2.24) is 9.29 Å². The van der Waals surface area contributed by atoms with E-state index in [1.165, 1.54) is 0 Å². The highest BCUT2D eigenvalue weighted by molar-refractivity contribution is 9.10. The molecular formula is C12H15BrClN3O2S. The lowest BCUT2D eigenvalue weighted by atomic mass is 10.1. The van der Waals surface area contributed by atoms with Crippen molar-refractivity contribution in [2.45, 2.75) is 32.2 Å². The topological polar surface area (TPSA) is 62.3 Å². The van der Waals surface area contributed by atoms with Crippen LogP contribution in [0.5, 0.6) is 0 Å². The zero-order chi connectivity index (χ0) is 14.5. The summed E-state index contributed by atoms with van der Waals surface area (Å²) in [7, 11) is -3.57. The monoisotopic (exact) mass is 379 g/mol. The van der Waals surface area contributed by atoms with Crippen molar-refractivity contribution < 1.29 is 8.42 Å². The SMILES string of the molecule is Cc1c(Br)cnc(Cl)c1NS(=O)(=O)N1CC2CCC1C2. The third kappa shape index (κ3) is 2.45. The van der Waals surface area contributed by atoms with E-state index in [1.807, 2.05) is 0 Å². The van der Waals surface area contributed by atoms with Crippen LogP contribution in [0.2, 0.25) is 5.15 Å². The third-order valence-electron chi connectivity index (χ3n) is 4.13. The summed E-state index contributed by atoms with van der Waals surface area (Å²) in [5.41, 5.74) is 1.08. The Kier molecular flexibility index (Phi) is 3.73. The third-order valence-corrected chi connectivity index (χ3v) is 6.74. The number of nitrogens with one attached hydrogen (secondary N) is 1. The predicted molar refractivity (Wildman–Crippen MR) is 82.1 cm³/mol. The molecule has 2 atom stereocenters. The highest BCUT2D eigenvalue weighted by Crippen LogP contribution is 2.40. The van der Waals surface area contributed by atoms with Gasteiger partial charge in [-0.15, -0.1) is 0 Å². The molecule has 1 N–H and O–H groups in total. The molecule has 2 heterocycles. The van der Waals surface area contributed by atoms with Gasteiger partial charge in [0.05, 0.1) is 5.69 Å². The number of aromatic nitrogens is 1. The molecule has 2 bridgehead atoms. The zero-order valence-electron chi connectivity index (χ0n) is 10.9. The second-order valence-corrected chi connectivity index (χ2v) is 8.24. The van der Waals surface area contributed by atoms with Crippen LogP contribution in [0.3, 0.4) is 0 Å². The van der Waals surface area contributed by atoms with Gasteiger partial charge < -0.3 is 0 Å². The fourth-order valence-electron chi connectivity index (χ4n) is 3.03. The normalized spacial score (nSPS) is 26.1. The number of fused-ring (bicyclic) bond motifs is 2. The molecule has 1 aromatic heterocycles. The van der Waals surface area contributed by atoms with Gasteiger partial charge in [-0.3, -0.25) is 4.72 Å². The van der Waals surface area contributed by atoms with Crippen molar-refractivity contribution in [2.24, 2.45) is 5.92 Å². The number of hydrogen-bond acceptors (Lipinski definition) is 3. The van der Waals surface area contributed by atoms with E-state index in [0.717, 1.165) is 29.3 Å². The highest BCUT2D eigenvalue weighted by Gasteiger charge is 2.44. The molecule has 5 nitrogen and oxygen atoms in total. The summed E-state index contributed by atoms with van der Waals surface area (Å²) in [6.45, 7) is 2.41. The maximum atomic E-state index is 12.5. The molecule has 2 unspecified atom stereocenters. The van der Waals surface area contributed by atoms with E-state index in [1.54, 1.807) is 17.4 Å². The molecule has 1 aliphatic heterocycles. The fourth-order valence-corrected chi connectivity index (χ4v) is 5.24. The van der Waals surface area contributed by atoms with Gasteiger partial charge in [-0.1, -0.05) is 11.6 Å². The van der Waals surface area contributed by atoms with E-state index in [9.17, 15) is 8.42 Å². The minimum Gasteiger partial charge on any atom is -0.267 e. The first-order valence-electron chi connectivity index (χ1n) is 6.48. The molecule has 1 saturated carbocycles. The lowest BCUT2D eigenvalue weighted by Crippen LogP contribution is -2.41. The second kappa shape index (κ2) is 5.12. The van der Waals surface area contributed by atoms with E-state index in [2.05, 4.69) is 25.6 Å². The minimum atomic E-state index is -3.57. The molecule has 0 spiro atoms. The van der Waals surface area contributed by atoms with Gasteiger partial charge in [-0.25, -0.2) is 4.98 Å². The van der Waals surface area contributed by atoms with Gasteiger partial charge in [-0.2, -0.15) is 12.7 Å². The number of hydrogen-bond donors (Lipinski definition) is 1. The minimum absolute atomic E-state index is 0.136. The average molecular weight is 381 g/mol. The zero-order valence-corrected chi connectivity index (χ0v) is 14.1. The van der Waals surface area contributed by atoms with Gasteiger partial charge in [0.1, 0.15) is 0 Å². The molecule has 0 amide bonds. The molecule has 1 aliphatic carbocycles. The molecule has 20 heavy (non-hydrogen) atoms. The molecule has 0 radical (unpaired) electrons. The number of nitrogens with zero attached hydrogens (tertiary/aromatic N) is 2. The van der Waals surface area contributed by atoms with E-state index in [4.69, 9.17) is 11.6 Å². The van der Waals surface area contributed by atoms with Gasteiger partial charge >= 0.3 is 10.2 Å². The summed E-state index contributed by atoms with van der Waals surface area (Å²) in [6.07, 6.45) is 4.63. The van der Waals surface area contributed by atoms with Crippen LogP contribution in [0.1, 0.15) is 24.8 Å². The van der Waals surface area contributed by atoms with Crippen molar-refractivity contribution in [3.63, 3.8) is 0 Å². The van der Waals surface area contributed by atoms with Crippen molar-refractivity contribution in [3.05, 3.63) is 21.4 Å². The molecule has 0 aromatic carbocycles. The maximum Gasteiger partial charge on any atom is 0.302 e. The molecule has 110 valence electrons. The van der Waals surface area contributed by atoms with Crippen LogP contribution in [-0.4, -0.2) is 30.3 Å². The van der Waals surface area contributed by atoms with Crippen molar-refractivity contribution in [1.29, 1.82) is 0 Å². The van der Waals surface area contributed by atoms with Crippen LogP contribution >= 0.6 is 27.5 Å². The number of pyridine rings is 1. The van der Waals surface area contributed by atoms with Gasteiger partial charge in [0.15, 0.2) is 5.15 Å². The van der Waals surface area contributed by atoms with Crippen molar-refractivity contribution >= 4 is 43.4 Å². The first-order chi connectivity index (χ1) is 9.38. The highest BCUT2D eigenvalue weighted by atomic mass is 79.9. The van der Waals surface area contributed by atoms with Crippen LogP contribution < -0.4 is 4.72 Å². The number of anilines is 1. The van der Waals surface area contributed by atoms with Crippen LogP contribution in [-0.2, 0) is 10.2 Å². The Morgan fingerprint density at radius 3 is 2.85 bits per heavy atom. The van der Waals surface area contributed by atoms with Gasteiger partial charge in [-0.05, 0) is 53.6 Å². The average Bonchev–Trinajstić information content (AvgIpc) is 3.02. The number of halogens is 2. The lowest BCUT2D eigenvalue weighted by molar-refractivity contribution is 0.335. The lowest BCUT2D eigenvalue weighted by Gasteiger charge is -2.27. The Bertz CT molecular complexity index is 652. The first-order valence-corrected chi connectivity index (χ1v) is 9.10. The van der Waals surface area contributed by atoms with E-state index in [0.29, 0.717) is 18.2 Å². The number of rotatable bonds is 3. The summed E-state index contributed by atoms with van der Waals surface area (Å²) in [5.74, 6) is 0.508. The standard InChI is InChI=1S/C12H15BrClN3O2S/c1-7-10(13)5-15-12(14)11(7)16-20(18,19)17-6-8-2-3-9(17)4-8/h5,8-9,16H,2-4,6H2,1H3. The largest absolute Gasteiger partial charge is 0.302 e. The molecular weight excluding hydrogens is 366 g/mol. The van der Waals surface area contributed by atoms with Crippen molar-refractivity contribution in [3.8, 4) is 0 Å². The molecule has 2 fully saturated rings. The molecule has 1 aromatic rings. The first kappa shape index (κ1) is 14.6. The second-order valence-electron chi connectivity index (χ2n) is 5.41. The molecule has 2 aliphatic rings. The van der Waals surface area contributed by atoms with Gasteiger partial charge in [0.25, 0.3) is 0 Å². The van der Waals surface area contributed by atoms with Gasteiger partial charge in [0.2, 0.25) is 0 Å². The Labute approximate surface area is 132 Å². The van der Waals surface area contributed by atoms with E-state index >= 15 is 0 Å². The maximum absolute atomic E-state index is 12.5. The summed E-state index contributed by atoms with van der Waals surface area (Å²) in [4.78, 5) is 3.97. The van der Waals surface area contributed by atoms with E-state index < -0.39 is 10.2 Å². The smallest absolute Gasteiger partial charge is 0.267 e. The Hall–Kier alpha value is -0.370. The van der Waals surface area contributed by atoms with Crippen LogP contribution in [0.4, 0.5) is 5.69 Å². The number of piperidine rings is 1. The summed E-state index contributed by atoms with van der Waals surface area (Å²) in [6, 6.07) is 0.136. The molecule has 1 saturated heterocycles. The Balaban J connectivity index is 1.89. The Morgan fingerprint density at radius 2 is 2.25 bits per heavy atom. The molecule has 3 rings (SSSR count). The summed E-state index contributed by atoms with van der Waals surface area (Å²) < 4.78 is 29.9. The van der Waals surface area contributed by atoms with Gasteiger partial charge in [0, 0.05) is 23.3 Å². The fraction of sp³-hybridized carbons (Fsp3) is 0.583. The predicted octanol–water partition coefficient (Wildman–Crippen LogP) is 2.95. The van der Waals surface area contributed by atoms with Crippen LogP contribution in [0.25, 0.3) is 0 Å². The van der Waals surface area contributed by atoms with Crippen LogP contribution in [0, 0.1) is 12.8 Å². The van der Waals surface area contributed by atoms with Crippen molar-refractivity contribution in [2.75, 3.05) is 11.3 Å². The van der Waals surface area contributed by atoms with E-state index in [-0.39, 0.29) is 11.2 Å². The Morgan fingerprint density at radius 1 is 1.50 bits per heavy atom. The van der Waals surface area contributed by atoms with Crippen LogP contribution in [0.15, 0.2) is 10.7 Å².